The summed E-state index contributed by atoms with van der Waals surface area (Å²) < 4.78 is 7.06. The molecule has 0 aliphatic rings. The van der Waals surface area contributed by atoms with Crippen LogP contribution < -0.4 is 20.8 Å². The Hall–Kier alpha value is -3.29. The van der Waals surface area contributed by atoms with E-state index in [9.17, 15) is 9.59 Å². The maximum atomic E-state index is 12.4. The van der Waals surface area contributed by atoms with Crippen LogP contribution >= 0.6 is 0 Å². The van der Waals surface area contributed by atoms with Gasteiger partial charge in [-0.15, -0.1) is 0 Å². The van der Waals surface area contributed by atoms with Gasteiger partial charge in [0, 0.05) is 43.1 Å². The third-order valence-electron chi connectivity index (χ3n) is 3.77. The van der Waals surface area contributed by atoms with Crippen molar-refractivity contribution >= 4 is 22.6 Å². The second kappa shape index (κ2) is 7.52. The molecule has 0 bridgehead atoms. The summed E-state index contributed by atoms with van der Waals surface area (Å²) in [6.45, 7) is 1.26. The minimum atomic E-state index is -0.413. The van der Waals surface area contributed by atoms with Gasteiger partial charge in [-0.2, -0.15) is 0 Å². The Bertz CT molecular complexity index is 918. The number of aromatic nitrogens is 3. The number of aromatic amines is 1. The smallest absolute Gasteiger partial charge is 0.319 e. The predicted octanol–water partition coefficient (Wildman–Crippen LogP) is 1.94. The molecule has 0 spiro atoms. The van der Waals surface area contributed by atoms with Gasteiger partial charge in [0.2, 0.25) is 5.43 Å². The highest BCUT2D eigenvalue weighted by atomic mass is 16.5. The van der Waals surface area contributed by atoms with Gasteiger partial charge in [-0.3, -0.25) is 4.79 Å². The van der Waals surface area contributed by atoms with Gasteiger partial charge in [-0.05, 0) is 18.6 Å². The number of pyridine rings is 1. The van der Waals surface area contributed by atoms with E-state index in [1.807, 2.05) is 10.8 Å². The highest BCUT2D eigenvalue weighted by molar-refractivity contribution is 5.92. The molecule has 0 aliphatic carbocycles. The van der Waals surface area contributed by atoms with Crippen molar-refractivity contribution in [3.8, 4) is 5.75 Å². The molecular formula is C17H19N5O3. The first-order valence-corrected chi connectivity index (χ1v) is 7.87. The Morgan fingerprint density at radius 2 is 2.28 bits per heavy atom. The molecule has 8 nitrogen and oxygen atoms in total. The second-order valence-electron chi connectivity index (χ2n) is 5.48. The van der Waals surface area contributed by atoms with Crippen molar-refractivity contribution in [2.45, 2.75) is 13.0 Å². The summed E-state index contributed by atoms with van der Waals surface area (Å²) in [5.41, 5.74) is 0.602. The monoisotopic (exact) mass is 341 g/mol. The van der Waals surface area contributed by atoms with Gasteiger partial charge < -0.3 is 24.9 Å². The summed E-state index contributed by atoms with van der Waals surface area (Å²) >= 11 is 0. The molecule has 2 amide bonds. The molecule has 0 saturated heterocycles. The summed E-state index contributed by atoms with van der Waals surface area (Å²) in [5, 5.41) is 5.80. The summed E-state index contributed by atoms with van der Waals surface area (Å²) in [6, 6.07) is 4.69. The van der Waals surface area contributed by atoms with Crippen LogP contribution in [0, 0.1) is 0 Å². The standard InChI is InChI=1S/C17H19N5O3/c1-25-12-3-4-13-14(9-12)20-10-15(16(13)23)21-17(24)19-5-2-7-22-8-6-18-11-22/h3-4,6,8-11H,2,5,7H2,1H3,(H,20,23)(H2,19,21,24). The number of benzene rings is 1. The molecule has 130 valence electrons. The molecule has 0 unspecified atom stereocenters. The largest absolute Gasteiger partial charge is 0.497 e. The lowest BCUT2D eigenvalue weighted by atomic mass is 10.2. The topological polar surface area (TPSA) is 101 Å². The number of hydrogen-bond donors (Lipinski definition) is 3. The zero-order valence-corrected chi connectivity index (χ0v) is 13.8. The van der Waals surface area contributed by atoms with Crippen molar-refractivity contribution < 1.29 is 9.53 Å². The number of nitrogens with one attached hydrogen (secondary N) is 3. The maximum Gasteiger partial charge on any atom is 0.319 e. The van der Waals surface area contributed by atoms with Crippen LogP contribution in [-0.4, -0.2) is 34.2 Å². The average Bonchev–Trinajstić information content (AvgIpc) is 3.14. The highest BCUT2D eigenvalue weighted by Crippen LogP contribution is 2.17. The first-order valence-electron chi connectivity index (χ1n) is 7.87. The number of rotatable bonds is 6. The first kappa shape index (κ1) is 16.6. The van der Waals surface area contributed by atoms with Crippen molar-refractivity contribution in [3.05, 3.63) is 53.3 Å². The lowest BCUT2D eigenvalue weighted by Crippen LogP contribution is -2.31. The molecule has 3 N–H and O–H groups in total. The van der Waals surface area contributed by atoms with Crippen LogP contribution in [0.2, 0.25) is 0 Å². The summed E-state index contributed by atoms with van der Waals surface area (Å²) in [7, 11) is 1.56. The maximum absolute atomic E-state index is 12.4. The highest BCUT2D eigenvalue weighted by Gasteiger charge is 2.09. The van der Waals surface area contributed by atoms with E-state index in [4.69, 9.17) is 4.74 Å². The Morgan fingerprint density at radius 1 is 1.40 bits per heavy atom. The molecule has 25 heavy (non-hydrogen) atoms. The summed E-state index contributed by atoms with van der Waals surface area (Å²) in [5.74, 6) is 0.652. The van der Waals surface area contributed by atoms with Crippen LogP contribution in [0.5, 0.6) is 5.75 Å². The molecule has 0 fully saturated rings. The van der Waals surface area contributed by atoms with Gasteiger partial charge in [0.05, 0.1) is 19.0 Å². The fourth-order valence-electron chi connectivity index (χ4n) is 2.47. The van der Waals surface area contributed by atoms with Crippen molar-refractivity contribution in [1.82, 2.24) is 19.9 Å². The molecule has 2 aromatic heterocycles. The van der Waals surface area contributed by atoms with E-state index in [-0.39, 0.29) is 11.1 Å². The van der Waals surface area contributed by atoms with Gasteiger partial charge in [0.15, 0.2) is 0 Å². The molecule has 3 aromatic rings. The Kier molecular flexibility index (Phi) is 4.98. The van der Waals surface area contributed by atoms with Crippen LogP contribution in [0.1, 0.15) is 6.42 Å². The SMILES string of the molecule is COc1ccc2c(=O)c(NC(=O)NCCCn3ccnc3)c[nH]c2c1. The lowest BCUT2D eigenvalue weighted by molar-refractivity contribution is 0.252. The molecule has 8 heteroatoms. The van der Waals surface area contributed by atoms with Crippen molar-refractivity contribution in [3.63, 3.8) is 0 Å². The molecule has 0 aliphatic heterocycles. The van der Waals surface area contributed by atoms with E-state index in [2.05, 4.69) is 20.6 Å². The van der Waals surface area contributed by atoms with Crippen molar-refractivity contribution in [1.29, 1.82) is 0 Å². The number of carbonyl (C=O) groups excluding carboxylic acids is 1. The van der Waals surface area contributed by atoms with Gasteiger partial charge in [0.1, 0.15) is 11.4 Å². The fourth-order valence-corrected chi connectivity index (χ4v) is 2.47. The average molecular weight is 341 g/mol. The summed E-state index contributed by atoms with van der Waals surface area (Å²) in [6.07, 6.45) is 7.54. The number of carbonyl (C=O) groups is 1. The molecule has 1 aromatic carbocycles. The Balaban J connectivity index is 1.59. The molecule has 2 heterocycles. The van der Waals surface area contributed by atoms with Crippen LogP contribution in [0.4, 0.5) is 10.5 Å². The lowest BCUT2D eigenvalue weighted by Gasteiger charge is -2.09. The number of ether oxygens (including phenoxy) is 1. The number of urea groups is 1. The minimum Gasteiger partial charge on any atom is -0.497 e. The number of aryl methyl sites for hydroxylation is 1. The molecular weight excluding hydrogens is 322 g/mol. The third kappa shape index (κ3) is 3.97. The Morgan fingerprint density at radius 3 is 3.04 bits per heavy atom. The van der Waals surface area contributed by atoms with E-state index >= 15 is 0 Å². The molecule has 3 rings (SSSR count). The quantitative estimate of drug-likeness (QED) is 0.596. The predicted molar refractivity (Wildman–Crippen MR) is 95.0 cm³/mol. The van der Waals surface area contributed by atoms with Gasteiger partial charge in [-0.25, -0.2) is 9.78 Å². The van der Waals surface area contributed by atoms with E-state index < -0.39 is 6.03 Å². The second-order valence-corrected chi connectivity index (χ2v) is 5.48. The van der Waals surface area contributed by atoms with Crippen molar-refractivity contribution in [2.24, 2.45) is 0 Å². The van der Waals surface area contributed by atoms with E-state index in [1.165, 1.54) is 6.20 Å². The molecule has 0 saturated carbocycles. The Labute approximate surface area is 143 Å². The number of nitrogens with zero attached hydrogens (tertiary/aromatic N) is 2. The summed E-state index contributed by atoms with van der Waals surface area (Å²) in [4.78, 5) is 31.3. The van der Waals surface area contributed by atoms with Crippen molar-refractivity contribution in [2.75, 3.05) is 19.0 Å². The molecule has 0 radical (unpaired) electrons. The van der Waals surface area contributed by atoms with Gasteiger partial charge in [0.25, 0.3) is 0 Å². The van der Waals surface area contributed by atoms with Crippen LogP contribution in [0.25, 0.3) is 10.9 Å². The zero-order valence-electron chi connectivity index (χ0n) is 13.8. The van der Waals surface area contributed by atoms with Crippen LogP contribution in [-0.2, 0) is 6.54 Å². The molecule has 0 atom stereocenters. The van der Waals surface area contributed by atoms with E-state index in [1.54, 1.807) is 37.8 Å². The zero-order chi connectivity index (χ0) is 17.6. The number of amides is 2. The number of imidazole rings is 1. The van der Waals surface area contributed by atoms with E-state index in [0.29, 0.717) is 23.2 Å². The number of hydrogen-bond acceptors (Lipinski definition) is 4. The fraction of sp³-hybridized carbons (Fsp3) is 0.235. The van der Waals surface area contributed by atoms with Gasteiger partial charge in [-0.1, -0.05) is 0 Å². The van der Waals surface area contributed by atoms with Gasteiger partial charge >= 0.3 is 6.03 Å². The minimum absolute atomic E-state index is 0.199. The number of methoxy groups -OCH3 is 1. The normalized spacial score (nSPS) is 10.6. The number of fused-ring (bicyclic) bond motifs is 1. The van der Waals surface area contributed by atoms with Crippen LogP contribution in [0.15, 0.2) is 47.9 Å². The van der Waals surface area contributed by atoms with Crippen LogP contribution in [0.3, 0.4) is 0 Å². The first-order chi connectivity index (χ1) is 12.2. The number of H-pyrrole nitrogens is 1. The number of anilines is 1. The third-order valence-corrected chi connectivity index (χ3v) is 3.77. The van der Waals surface area contributed by atoms with E-state index in [0.717, 1.165) is 13.0 Å².